The molecule has 0 fully saturated rings. The van der Waals surface area contributed by atoms with Crippen molar-refractivity contribution in [3.8, 4) is 0 Å². The van der Waals surface area contributed by atoms with Crippen LogP contribution in [0, 0.1) is 5.41 Å². The van der Waals surface area contributed by atoms with E-state index >= 15 is 0 Å². The molecule has 1 aromatic carbocycles. The molecule has 2 rings (SSSR count). The van der Waals surface area contributed by atoms with Crippen molar-refractivity contribution in [3.05, 3.63) is 60.1 Å². The molecule has 0 saturated heterocycles. The van der Waals surface area contributed by atoms with Crippen LogP contribution in [0.4, 0.5) is 0 Å². The molecule has 144 valence electrons. The second-order valence-corrected chi connectivity index (χ2v) is 6.92. The topological polar surface area (TPSA) is 109 Å². The van der Waals surface area contributed by atoms with E-state index in [1.807, 2.05) is 30.3 Å². The lowest BCUT2D eigenvalue weighted by Crippen LogP contribution is -2.48. The van der Waals surface area contributed by atoms with Gasteiger partial charge in [-0.3, -0.25) is 14.4 Å². The molecule has 1 unspecified atom stereocenters. The average Bonchev–Trinajstić information content (AvgIpc) is 3.16. The smallest absolute Gasteiger partial charge is 0.309 e. The summed E-state index contributed by atoms with van der Waals surface area (Å²) < 4.78 is 5.07. The second-order valence-electron chi connectivity index (χ2n) is 6.92. The van der Waals surface area contributed by atoms with Gasteiger partial charge in [-0.05, 0) is 38.0 Å². The van der Waals surface area contributed by atoms with E-state index in [2.05, 4.69) is 10.6 Å². The number of carbonyl (C=O) groups excluding carboxylic acids is 2. The summed E-state index contributed by atoms with van der Waals surface area (Å²) in [6.07, 6.45) is 1.97. The first kappa shape index (κ1) is 20.2. The third-order valence-corrected chi connectivity index (χ3v) is 4.28. The maximum atomic E-state index is 12.6. The molecule has 0 radical (unpaired) electrons. The van der Waals surface area contributed by atoms with Crippen LogP contribution in [0.1, 0.15) is 36.4 Å². The second kappa shape index (κ2) is 9.02. The molecule has 7 nitrogen and oxygen atoms in total. The molecule has 1 aromatic heterocycles. The number of furan rings is 1. The summed E-state index contributed by atoms with van der Waals surface area (Å²) in [5, 5.41) is 14.5. The van der Waals surface area contributed by atoms with Crippen LogP contribution in [-0.4, -0.2) is 35.5 Å². The summed E-state index contributed by atoms with van der Waals surface area (Å²) in [4.78, 5) is 36.0. The fraction of sp³-hybridized carbons (Fsp3) is 0.350. The summed E-state index contributed by atoms with van der Waals surface area (Å²) >= 11 is 0. The van der Waals surface area contributed by atoms with Crippen molar-refractivity contribution in [1.82, 2.24) is 10.6 Å². The van der Waals surface area contributed by atoms with Gasteiger partial charge in [0.15, 0.2) is 5.76 Å². The van der Waals surface area contributed by atoms with Crippen molar-refractivity contribution in [2.75, 3.05) is 6.54 Å². The van der Waals surface area contributed by atoms with Crippen molar-refractivity contribution in [2.45, 2.75) is 32.7 Å². The molecule has 27 heavy (non-hydrogen) atoms. The Hall–Kier alpha value is -3.09. The third kappa shape index (κ3) is 5.99. The Balaban J connectivity index is 2.03. The summed E-state index contributed by atoms with van der Waals surface area (Å²) in [5.41, 5.74) is -0.0529. The van der Waals surface area contributed by atoms with E-state index in [9.17, 15) is 14.4 Å². The molecule has 0 bridgehead atoms. The minimum atomic E-state index is -0.945. The van der Waals surface area contributed by atoms with Crippen LogP contribution in [-0.2, 0) is 16.0 Å². The SMILES string of the molecule is CC(C)(CCNC(=O)C(Cc1ccccc1)NC(=O)c1ccco1)C(=O)O. The maximum absolute atomic E-state index is 12.6. The fourth-order valence-electron chi connectivity index (χ4n) is 2.42. The monoisotopic (exact) mass is 372 g/mol. The van der Waals surface area contributed by atoms with E-state index in [0.717, 1.165) is 5.56 Å². The summed E-state index contributed by atoms with van der Waals surface area (Å²) in [6, 6.07) is 11.6. The Morgan fingerprint density at radius 1 is 1.11 bits per heavy atom. The Labute approximate surface area is 157 Å². The van der Waals surface area contributed by atoms with Crippen LogP contribution in [0.3, 0.4) is 0 Å². The first-order valence-corrected chi connectivity index (χ1v) is 8.69. The van der Waals surface area contributed by atoms with Gasteiger partial charge in [0.05, 0.1) is 11.7 Å². The van der Waals surface area contributed by atoms with E-state index in [-0.39, 0.29) is 24.6 Å². The zero-order valence-corrected chi connectivity index (χ0v) is 15.4. The Morgan fingerprint density at radius 3 is 2.41 bits per heavy atom. The van der Waals surface area contributed by atoms with Crippen LogP contribution >= 0.6 is 0 Å². The molecule has 2 aromatic rings. The van der Waals surface area contributed by atoms with Crippen LogP contribution < -0.4 is 10.6 Å². The number of carboxylic acids is 1. The third-order valence-electron chi connectivity index (χ3n) is 4.28. The summed E-state index contributed by atoms with van der Waals surface area (Å²) in [5.74, 6) is -1.67. The van der Waals surface area contributed by atoms with E-state index in [1.165, 1.54) is 12.3 Å². The number of hydrogen-bond acceptors (Lipinski definition) is 4. The van der Waals surface area contributed by atoms with Gasteiger partial charge in [-0.1, -0.05) is 30.3 Å². The maximum Gasteiger partial charge on any atom is 0.309 e. The molecule has 2 amide bonds. The minimum Gasteiger partial charge on any atom is -0.481 e. The number of aliphatic carboxylic acids is 1. The Morgan fingerprint density at radius 2 is 1.81 bits per heavy atom. The van der Waals surface area contributed by atoms with Gasteiger partial charge in [0.25, 0.3) is 5.91 Å². The van der Waals surface area contributed by atoms with Gasteiger partial charge in [-0.2, -0.15) is 0 Å². The number of hydrogen-bond donors (Lipinski definition) is 3. The number of rotatable bonds is 9. The molecule has 0 spiro atoms. The van der Waals surface area contributed by atoms with Gasteiger partial charge in [0, 0.05) is 13.0 Å². The zero-order chi connectivity index (χ0) is 19.9. The van der Waals surface area contributed by atoms with E-state index in [0.29, 0.717) is 6.42 Å². The normalized spacial score (nSPS) is 12.2. The first-order chi connectivity index (χ1) is 12.8. The van der Waals surface area contributed by atoms with Crippen molar-refractivity contribution in [1.29, 1.82) is 0 Å². The quantitative estimate of drug-likeness (QED) is 0.625. The largest absolute Gasteiger partial charge is 0.481 e. The average molecular weight is 372 g/mol. The molecule has 0 aliphatic rings. The van der Waals surface area contributed by atoms with E-state index in [4.69, 9.17) is 9.52 Å². The van der Waals surface area contributed by atoms with Gasteiger partial charge < -0.3 is 20.2 Å². The number of carbonyl (C=O) groups is 3. The van der Waals surface area contributed by atoms with Crippen molar-refractivity contribution in [2.24, 2.45) is 5.41 Å². The minimum absolute atomic E-state index is 0.118. The lowest BCUT2D eigenvalue weighted by Gasteiger charge is -2.21. The molecular weight excluding hydrogens is 348 g/mol. The van der Waals surface area contributed by atoms with Gasteiger partial charge in [0.1, 0.15) is 6.04 Å². The predicted octanol–water partition coefficient (Wildman–Crippen LogP) is 2.24. The molecule has 1 heterocycles. The standard InChI is InChI=1S/C20H24N2O5/c1-20(2,19(25)26)10-11-21-17(23)15(13-14-7-4-3-5-8-14)22-18(24)16-9-6-12-27-16/h3-9,12,15H,10-11,13H2,1-2H3,(H,21,23)(H,22,24)(H,25,26). The molecule has 0 aliphatic carbocycles. The number of nitrogens with one attached hydrogen (secondary N) is 2. The lowest BCUT2D eigenvalue weighted by molar-refractivity contribution is -0.147. The van der Waals surface area contributed by atoms with Crippen molar-refractivity contribution in [3.63, 3.8) is 0 Å². The predicted molar refractivity (Wildman–Crippen MR) is 99.2 cm³/mol. The number of carboxylic acid groups (broad SMARTS) is 1. The van der Waals surface area contributed by atoms with Gasteiger partial charge >= 0.3 is 5.97 Å². The summed E-state index contributed by atoms with van der Waals surface area (Å²) in [7, 11) is 0. The highest BCUT2D eigenvalue weighted by atomic mass is 16.4. The Kier molecular flexibility index (Phi) is 6.76. The first-order valence-electron chi connectivity index (χ1n) is 8.69. The molecule has 1 atom stereocenters. The van der Waals surface area contributed by atoms with E-state index in [1.54, 1.807) is 19.9 Å². The van der Waals surface area contributed by atoms with Crippen LogP contribution in [0.25, 0.3) is 0 Å². The lowest BCUT2D eigenvalue weighted by atomic mass is 9.89. The highest BCUT2D eigenvalue weighted by Gasteiger charge is 2.28. The number of benzene rings is 1. The fourth-order valence-corrected chi connectivity index (χ4v) is 2.42. The summed E-state index contributed by atoms with van der Waals surface area (Å²) in [6.45, 7) is 3.39. The zero-order valence-electron chi connectivity index (χ0n) is 15.4. The molecule has 7 heteroatoms. The van der Waals surface area contributed by atoms with Gasteiger partial charge in [-0.25, -0.2) is 0 Å². The van der Waals surface area contributed by atoms with Crippen molar-refractivity contribution >= 4 is 17.8 Å². The molecule has 3 N–H and O–H groups in total. The van der Waals surface area contributed by atoms with Gasteiger partial charge in [-0.15, -0.1) is 0 Å². The van der Waals surface area contributed by atoms with E-state index < -0.39 is 23.3 Å². The number of amides is 2. The van der Waals surface area contributed by atoms with Crippen LogP contribution in [0.5, 0.6) is 0 Å². The highest BCUT2D eigenvalue weighted by molar-refractivity contribution is 5.95. The molecule has 0 saturated carbocycles. The molecular formula is C20H24N2O5. The van der Waals surface area contributed by atoms with Crippen molar-refractivity contribution < 1.29 is 23.9 Å². The van der Waals surface area contributed by atoms with Crippen LogP contribution in [0.2, 0.25) is 0 Å². The van der Waals surface area contributed by atoms with Crippen LogP contribution in [0.15, 0.2) is 53.1 Å². The molecule has 0 aliphatic heterocycles. The Bertz CT molecular complexity index is 769. The highest BCUT2D eigenvalue weighted by Crippen LogP contribution is 2.19. The van der Waals surface area contributed by atoms with Gasteiger partial charge in [0.2, 0.25) is 5.91 Å².